The number of likely N-dealkylation sites (N-methyl/N-ethyl adjacent to an activating group) is 1. The number of carbonyl (C=O) groups is 2. The lowest BCUT2D eigenvalue weighted by Gasteiger charge is -2.36. The van der Waals surface area contributed by atoms with Crippen LogP contribution in [0.1, 0.15) is 67.4 Å². The summed E-state index contributed by atoms with van der Waals surface area (Å²) in [7, 11) is -0.931. The smallest absolute Gasteiger partial charge is 0.323 e. The summed E-state index contributed by atoms with van der Waals surface area (Å²) in [4.78, 5) is 29.7. The van der Waals surface area contributed by atoms with Crippen LogP contribution in [0.3, 0.4) is 0 Å². The molecule has 4 atom stereocenters. The highest BCUT2D eigenvalue weighted by Crippen LogP contribution is 2.30. The second-order valence-corrected chi connectivity index (χ2v) is 16.8. The van der Waals surface area contributed by atoms with Crippen LogP contribution in [0.15, 0.2) is 76.1 Å². The van der Waals surface area contributed by atoms with E-state index in [9.17, 15) is 22.4 Å². The van der Waals surface area contributed by atoms with Crippen LogP contribution in [0.2, 0.25) is 0 Å². The molecule has 5 rings (SSSR count). The number of hydrogen-bond donors (Lipinski definition) is 2. The minimum Gasteiger partial charge on any atom is -0.497 e. The molecule has 58 heavy (non-hydrogen) atoms. The summed E-state index contributed by atoms with van der Waals surface area (Å²) in [5.41, 5.74) is 2.45. The minimum atomic E-state index is -3.99. The summed E-state index contributed by atoms with van der Waals surface area (Å²) in [6.07, 6.45) is 1.22. The maximum Gasteiger partial charge on any atom is 0.323 e. The molecule has 14 nitrogen and oxygen atoms in total. The van der Waals surface area contributed by atoms with Gasteiger partial charge in [-0.1, -0.05) is 24.2 Å². The molecule has 0 bridgehead atoms. The highest BCUT2D eigenvalue weighted by atomic mass is 32.2. The molecule has 4 aromatic rings. The van der Waals surface area contributed by atoms with Crippen molar-refractivity contribution < 1.29 is 45.9 Å². The molecule has 16 heteroatoms. The Bertz CT molecular complexity index is 2080. The van der Waals surface area contributed by atoms with Crippen molar-refractivity contribution in [1.82, 2.24) is 14.4 Å². The van der Waals surface area contributed by atoms with Crippen LogP contribution in [0.5, 0.6) is 11.5 Å². The van der Waals surface area contributed by atoms with Crippen LogP contribution in [0.4, 0.5) is 20.6 Å². The maximum absolute atomic E-state index is 14.9. The van der Waals surface area contributed by atoms with Gasteiger partial charge in [-0.3, -0.25) is 4.79 Å². The summed E-state index contributed by atoms with van der Waals surface area (Å²) in [6.45, 7) is 10.1. The van der Waals surface area contributed by atoms with Crippen molar-refractivity contribution >= 4 is 33.3 Å². The van der Waals surface area contributed by atoms with Gasteiger partial charge in [0.25, 0.3) is 5.91 Å². The third-order valence-corrected chi connectivity index (χ3v) is 11.9. The van der Waals surface area contributed by atoms with Crippen LogP contribution in [-0.4, -0.2) is 93.4 Å². The molecule has 0 saturated heterocycles. The Balaban J connectivity index is 1.45. The fourth-order valence-corrected chi connectivity index (χ4v) is 7.78. The van der Waals surface area contributed by atoms with E-state index in [2.05, 4.69) is 15.8 Å². The van der Waals surface area contributed by atoms with E-state index >= 15 is 0 Å². The summed E-state index contributed by atoms with van der Waals surface area (Å²) in [5.74, 6) is 0.221. The standard InChI is InChI=1S/C42H54FN5O9S/c1-27-23-48(28(2)25-54-26-32-11-16-35(53-7)17-12-32)41(49)37-22-34(44-42(50)45-40-30(4)46-57-31(40)5)15-20-38(37)56-29(3)10-8-9-21-55-39(27)24-47(6)58(51,52)36-18-13-33(43)14-19-36/h11-20,22,27-29,39H,8-10,21,23-26H2,1-7H3,(H2,44,45,50)/t27-,28+,29+,39+/m1/s1. The molecule has 314 valence electrons. The fourth-order valence-electron chi connectivity index (χ4n) is 6.60. The Morgan fingerprint density at radius 1 is 1.05 bits per heavy atom. The lowest BCUT2D eigenvalue weighted by atomic mass is 10.0. The first kappa shape index (κ1) is 44.1. The number of rotatable bonds is 12. The number of methoxy groups -OCH3 is 1. The van der Waals surface area contributed by atoms with E-state index in [0.29, 0.717) is 48.0 Å². The van der Waals surface area contributed by atoms with E-state index in [1.165, 1.54) is 23.5 Å². The van der Waals surface area contributed by atoms with Crippen molar-refractivity contribution in [1.29, 1.82) is 0 Å². The van der Waals surface area contributed by atoms with Crippen molar-refractivity contribution in [2.24, 2.45) is 5.92 Å². The van der Waals surface area contributed by atoms with Gasteiger partial charge in [-0.2, -0.15) is 4.31 Å². The summed E-state index contributed by atoms with van der Waals surface area (Å²) < 4.78 is 71.5. The Kier molecular flexibility index (Phi) is 15.3. The number of halogens is 1. The quantitative estimate of drug-likeness (QED) is 0.147. The van der Waals surface area contributed by atoms with Crippen LogP contribution < -0.4 is 20.1 Å². The summed E-state index contributed by atoms with van der Waals surface area (Å²) >= 11 is 0. The molecule has 3 amide bonds. The van der Waals surface area contributed by atoms with E-state index in [1.807, 2.05) is 45.0 Å². The van der Waals surface area contributed by atoms with Gasteiger partial charge in [-0.15, -0.1) is 0 Å². The number of nitrogens with zero attached hydrogens (tertiary/aromatic N) is 3. The maximum atomic E-state index is 14.9. The third-order valence-electron chi connectivity index (χ3n) is 10.1. The minimum absolute atomic E-state index is 0.0182. The van der Waals surface area contributed by atoms with Crippen LogP contribution in [0, 0.1) is 25.6 Å². The van der Waals surface area contributed by atoms with Gasteiger partial charge in [-0.25, -0.2) is 17.6 Å². The van der Waals surface area contributed by atoms with Gasteiger partial charge in [0.05, 0.1) is 49.0 Å². The largest absolute Gasteiger partial charge is 0.497 e. The van der Waals surface area contributed by atoms with Crippen molar-refractivity contribution in [3.05, 3.63) is 95.1 Å². The molecule has 2 heterocycles. The fraction of sp³-hybridized carbons (Fsp3) is 0.452. The predicted molar refractivity (Wildman–Crippen MR) is 217 cm³/mol. The monoisotopic (exact) mass is 823 g/mol. The molecule has 0 fully saturated rings. The van der Waals surface area contributed by atoms with E-state index in [-0.39, 0.29) is 54.7 Å². The zero-order valence-corrected chi connectivity index (χ0v) is 34.9. The van der Waals surface area contributed by atoms with E-state index in [1.54, 1.807) is 44.1 Å². The van der Waals surface area contributed by atoms with Gasteiger partial charge in [-0.05, 0) is 107 Å². The second-order valence-electron chi connectivity index (χ2n) is 14.7. The Labute approximate surface area is 340 Å². The Morgan fingerprint density at radius 3 is 2.45 bits per heavy atom. The Hall–Kier alpha value is -5.03. The number of carbonyl (C=O) groups excluding carboxylic acids is 2. The number of hydrogen-bond acceptors (Lipinski definition) is 10. The first-order valence-corrected chi connectivity index (χ1v) is 20.8. The summed E-state index contributed by atoms with van der Waals surface area (Å²) in [5, 5.41) is 9.46. The van der Waals surface area contributed by atoms with Gasteiger partial charge >= 0.3 is 6.03 Å². The highest BCUT2D eigenvalue weighted by Gasteiger charge is 2.33. The molecule has 0 unspecified atom stereocenters. The number of anilines is 2. The lowest BCUT2D eigenvalue weighted by Crippen LogP contribution is -2.48. The molecule has 1 aliphatic rings. The van der Waals surface area contributed by atoms with Crippen molar-refractivity contribution in [2.75, 3.05) is 51.1 Å². The van der Waals surface area contributed by atoms with E-state index in [4.69, 9.17) is 23.5 Å². The number of aryl methyl sites for hydroxylation is 2. The van der Waals surface area contributed by atoms with Gasteiger partial charge in [0, 0.05) is 38.3 Å². The SMILES string of the molecule is COc1ccc(COC[C@H](C)N2C[C@@H](C)[C@H](CN(C)S(=O)(=O)c3ccc(F)cc3)OCCCC[C@H](C)Oc3ccc(NC(=O)Nc4c(C)noc4C)cc3C2=O)cc1. The number of aromatic nitrogens is 1. The first-order chi connectivity index (χ1) is 27.7. The molecule has 0 saturated carbocycles. The average molecular weight is 824 g/mol. The molecule has 0 radical (unpaired) electrons. The van der Waals surface area contributed by atoms with Crippen LogP contribution in [-0.2, 0) is 26.1 Å². The predicted octanol–water partition coefficient (Wildman–Crippen LogP) is 7.42. The lowest BCUT2D eigenvalue weighted by molar-refractivity contribution is -0.0120. The molecule has 0 spiro atoms. The van der Waals surface area contributed by atoms with Gasteiger partial charge in [0.2, 0.25) is 10.0 Å². The molecule has 1 aromatic heterocycles. The molecule has 3 aromatic carbocycles. The zero-order valence-electron chi connectivity index (χ0n) is 34.1. The normalized spacial score (nSPS) is 18.8. The number of ether oxygens (including phenoxy) is 4. The number of amides is 3. The van der Waals surface area contributed by atoms with Crippen molar-refractivity contribution in [3.63, 3.8) is 0 Å². The van der Waals surface area contributed by atoms with Crippen LogP contribution >= 0.6 is 0 Å². The van der Waals surface area contributed by atoms with Crippen molar-refractivity contribution in [2.45, 2.75) is 83.6 Å². The molecule has 2 N–H and O–H groups in total. The molecular formula is C42H54FN5O9S. The highest BCUT2D eigenvalue weighted by molar-refractivity contribution is 7.89. The number of nitrogens with one attached hydrogen (secondary N) is 2. The van der Waals surface area contributed by atoms with E-state index in [0.717, 1.165) is 29.9 Å². The second kappa shape index (κ2) is 20.1. The van der Waals surface area contributed by atoms with Crippen molar-refractivity contribution in [3.8, 4) is 11.5 Å². The first-order valence-electron chi connectivity index (χ1n) is 19.3. The molecule has 0 aliphatic carbocycles. The third kappa shape index (κ3) is 11.6. The number of urea groups is 1. The number of benzene rings is 3. The summed E-state index contributed by atoms with van der Waals surface area (Å²) in [6, 6.07) is 16.1. The molecule has 1 aliphatic heterocycles. The van der Waals surface area contributed by atoms with Gasteiger partial charge in [0.15, 0.2) is 5.76 Å². The average Bonchev–Trinajstić information content (AvgIpc) is 3.51. The van der Waals surface area contributed by atoms with Gasteiger partial charge in [0.1, 0.15) is 28.7 Å². The zero-order chi connectivity index (χ0) is 42.0. The Morgan fingerprint density at radius 2 is 1.78 bits per heavy atom. The van der Waals surface area contributed by atoms with Gasteiger partial charge < -0.3 is 39.0 Å². The molecular weight excluding hydrogens is 770 g/mol. The van der Waals surface area contributed by atoms with E-state index < -0.39 is 34.0 Å². The number of sulfonamides is 1. The van der Waals surface area contributed by atoms with Crippen LogP contribution in [0.25, 0.3) is 0 Å². The topological polar surface area (TPSA) is 162 Å². The number of fused-ring (bicyclic) bond motifs is 1.